The van der Waals surface area contributed by atoms with Gasteiger partial charge in [0.05, 0.1) is 9.79 Å². The van der Waals surface area contributed by atoms with Crippen molar-refractivity contribution in [3.63, 3.8) is 0 Å². The third-order valence-electron chi connectivity index (χ3n) is 3.60. The van der Waals surface area contributed by atoms with Crippen molar-refractivity contribution in [2.24, 2.45) is 0 Å². The highest BCUT2D eigenvalue weighted by atomic mass is 32.2. The summed E-state index contributed by atoms with van der Waals surface area (Å²) in [4.78, 5) is 12.8. The van der Waals surface area contributed by atoms with E-state index >= 15 is 0 Å². The van der Waals surface area contributed by atoms with Gasteiger partial charge in [-0.3, -0.25) is 4.79 Å². The second-order valence-corrected chi connectivity index (χ2v) is 7.15. The molecule has 1 aliphatic heterocycles. The van der Waals surface area contributed by atoms with Crippen molar-refractivity contribution in [2.75, 3.05) is 0 Å². The van der Waals surface area contributed by atoms with Crippen LogP contribution in [0.2, 0.25) is 0 Å². The van der Waals surface area contributed by atoms with Gasteiger partial charge in [0.1, 0.15) is 0 Å². The van der Waals surface area contributed by atoms with Gasteiger partial charge in [0, 0.05) is 11.1 Å². The summed E-state index contributed by atoms with van der Waals surface area (Å²) in [5, 5.41) is 0. The van der Waals surface area contributed by atoms with E-state index in [1.807, 2.05) is 13.8 Å². The zero-order chi connectivity index (χ0) is 14.7. The molecular weight excluding hydrogens is 272 g/mol. The van der Waals surface area contributed by atoms with E-state index in [1.54, 1.807) is 37.3 Å². The number of rotatable bonds is 0. The van der Waals surface area contributed by atoms with Gasteiger partial charge >= 0.3 is 0 Å². The molecule has 0 bridgehead atoms. The maximum absolute atomic E-state index is 12.8. The van der Waals surface area contributed by atoms with E-state index in [2.05, 4.69) is 0 Å². The molecule has 0 aromatic heterocycles. The highest BCUT2D eigenvalue weighted by Gasteiger charge is 2.36. The van der Waals surface area contributed by atoms with Crippen LogP contribution in [0.3, 0.4) is 0 Å². The lowest BCUT2D eigenvalue weighted by Crippen LogP contribution is -2.21. The van der Waals surface area contributed by atoms with E-state index < -0.39 is 9.84 Å². The number of sulfone groups is 1. The van der Waals surface area contributed by atoms with Crippen molar-refractivity contribution in [1.82, 2.24) is 0 Å². The van der Waals surface area contributed by atoms with Gasteiger partial charge in [-0.1, -0.05) is 17.7 Å². The highest BCUT2D eigenvalue weighted by molar-refractivity contribution is 7.91. The fraction of sp³-hybridized carbons (Fsp3) is 0.188. The van der Waals surface area contributed by atoms with Gasteiger partial charge in [-0.2, -0.15) is 0 Å². The van der Waals surface area contributed by atoms with Crippen molar-refractivity contribution in [3.8, 4) is 0 Å². The average molecular weight is 286 g/mol. The number of ketones is 1. The second-order valence-electron chi connectivity index (χ2n) is 5.29. The minimum Gasteiger partial charge on any atom is -0.289 e. The number of hydrogen-bond acceptors (Lipinski definition) is 3. The molecule has 0 amide bonds. The molecular formula is C16H14O3S. The van der Waals surface area contributed by atoms with Crippen molar-refractivity contribution < 1.29 is 13.2 Å². The summed E-state index contributed by atoms with van der Waals surface area (Å²) in [7, 11) is -3.63. The zero-order valence-electron chi connectivity index (χ0n) is 11.5. The van der Waals surface area contributed by atoms with Crippen LogP contribution in [0.4, 0.5) is 0 Å². The van der Waals surface area contributed by atoms with Crippen molar-refractivity contribution >= 4 is 15.6 Å². The third kappa shape index (κ3) is 1.64. The quantitative estimate of drug-likeness (QED) is 0.638. The lowest BCUT2D eigenvalue weighted by atomic mass is 9.98. The molecule has 3 rings (SSSR count). The van der Waals surface area contributed by atoms with Gasteiger partial charge in [0.25, 0.3) is 0 Å². The molecule has 3 nitrogen and oxygen atoms in total. The van der Waals surface area contributed by atoms with Crippen LogP contribution in [0, 0.1) is 20.8 Å². The van der Waals surface area contributed by atoms with Crippen molar-refractivity contribution in [2.45, 2.75) is 30.6 Å². The maximum atomic E-state index is 12.8. The Balaban J connectivity index is 2.48. The average Bonchev–Trinajstić information content (AvgIpc) is 2.35. The summed E-state index contributed by atoms with van der Waals surface area (Å²) in [6.07, 6.45) is 0. The van der Waals surface area contributed by atoms with Crippen molar-refractivity contribution in [1.29, 1.82) is 0 Å². The van der Waals surface area contributed by atoms with Crippen LogP contribution >= 0.6 is 0 Å². The van der Waals surface area contributed by atoms with E-state index in [1.165, 1.54) is 0 Å². The van der Waals surface area contributed by atoms with Gasteiger partial charge in [0.15, 0.2) is 5.78 Å². The topological polar surface area (TPSA) is 51.2 Å². The molecule has 2 aromatic carbocycles. The van der Waals surface area contributed by atoms with Gasteiger partial charge in [-0.25, -0.2) is 8.42 Å². The third-order valence-corrected chi connectivity index (χ3v) is 5.60. The molecule has 0 aliphatic carbocycles. The monoisotopic (exact) mass is 286 g/mol. The van der Waals surface area contributed by atoms with Crippen LogP contribution in [0.5, 0.6) is 0 Å². The molecule has 0 radical (unpaired) electrons. The normalized spacial score (nSPS) is 15.7. The zero-order valence-corrected chi connectivity index (χ0v) is 12.3. The Morgan fingerprint density at radius 2 is 1.55 bits per heavy atom. The smallest absolute Gasteiger partial charge is 0.208 e. The number of carbonyl (C=O) groups excluding carboxylic acids is 1. The first-order chi connectivity index (χ1) is 9.32. The number of aryl methyl sites for hydroxylation is 3. The first kappa shape index (κ1) is 13.1. The molecule has 4 heteroatoms. The van der Waals surface area contributed by atoms with E-state index in [9.17, 15) is 13.2 Å². The Morgan fingerprint density at radius 1 is 0.850 bits per heavy atom. The summed E-state index contributed by atoms with van der Waals surface area (Å²) >= 11 is 0. The summed E-state index contributed by atoms with van der Waals surface area (Å²) in [5.41, 5.74) is 2.90. The predicted octanol–water partition coefficient (Wildman–Crippen LogP) is 2.99. The Kier molecular flexibility index (Phi) is 2.63. The SMILES string of the molecule is Cc1cc(C)c2c(c1)C(=O)c1ccc(C)cc1S2(=O)=O. The summed E-state index contributed by atoms with van der Waals surface area (Å²) in [6.45, 7) is 5.41. The number of hydrogen-bond donors (Lipinski definition) is 0. The maximum Gasteiger partial charge on any atom is 0.208 e. The van der Waals surface area contributed by atoms with Gasteiger partial charge in [-0.05, 0) is 50.1 Å². The first-order valence-corrected chi connectivity index (χ1v) is 7.82. The molecule has 0 unspecified atom stereocenters. The fourth-order valence-corrected chi connectivity index (χ4v) is 4.71. The summed E-state index contributed by atoms with van der Waals surface area (Å²) in [6, 6.07) is 8.39. The van der Waals surface area contributed by atoms with E-state index in [0.717, 1.165) is 11.1 Å². The van der Waals surface area contributed by atoms with Crippen LogP contribution in [0.25, 0.3) is 0 Å². The predicted molar refractivity (Wildman–Crippen MR) is 76.0 cm³/mol. The first-order valence-electron chi connectivity index (χ1n) is 6.34. The molecule has 0 saturated heterocycles. The molecule has 20 heavy (non-hydrogen) atoms. The Morgan fingerprint density at radius 3 is 2.25 bits per heavy atom. The van der Waals surface area contributed by atoms with Gasteiger partial charge in [0.2, 0.25) is 9.84 Å². The number of carbonyl (C=O) groups is 1. The van der Waals surface area contributed by atoms with E-state index in [4.69, 9.17) is 0 Å². The van der Waals surface area contributed by atoms with Crippen LogP contribution in [0.15, 0.2) is 40.1 Å². The van der Waals surface area contributed by atoms with Crippen LogP contribution in [0.1, 0.15) is 32.6 Å². The number of benzene rings is 2. The molecule has 0 atom stereocenters. The van der Waals surface area contributed by atoms with Crippen LogP contribution in [-0.2, 0) is 9.84 Å². The van der Waals surface area contributed by atoms with Crippen LogP contribution < -0.4 is 0 Å². The molecule has 2 aromatic rings. The van der Waals surface area contributed by atoms with E-state index in [-0.39, 0.29) is 21.1 Å². The Bertz CT molecular complexity index is 862. The molecule has 102 valence electrons. The largest absolute Gasteiger partial charge is 0.289 e. The molecule has 0 fully saturated rings. The minimum atomic E-state index is -3.63. The highest BCUT2D eigenvalue weighted by Crippen LogP contribution is 2.37. The lowest BCUT2D eigenvalue weighted by Gasteiger charge is -2.21. The Hall–Kier alpha value is -1.94. The van der Waals surface area contributed by atoms with Crippen molar-refractivity contribution in [3.05, 3.63) is 58.1 Å². The van der Waals surface area contributed by atoms with Gasteiger partial charge in [-0.15, -0.1) is 0 Å². The second kappa shape index (κ2) is 4.03. The molecule has 1 aliphatic rings. The van der Waals surface area contributed by atoms with Crippen LogP contribution in [-0.4, -0.2) is 14.2 Å². The van der Waals surface area contributed by atoms with Gasteiger partial charge < -0.3 is 0 Å². The molecule has 0 N–H and O–H groups in total. The molecule has 0 spiro atoms. The number of fused-ring (bicyclic) bond motifs is 2. The summed E-state index contributed by atoms with van der Waals surface area (Å²) < 4.78 is 25.5. The standard InChI is InChI=1S/C16H14O3S/c1-9-4-5-12-14(8-9)20(18,19)16-11(3)6-10(2)7-13(16)15(12)17/h4-8H,1-3H3. The molecule has 1 heterocycles. The lowest BCUT2D eigenvalue weighted by molar-refractivity contribution is 0.103. The fourth-order valence-electron chi connectivity index (χ4n) is 2.77. The van der Waals surface area contributed by atoms with E-state index in [0.29, 0.717) is 11.1 Å². The molecule has 0 saturated carbocycles. The Labute approximate surface area is 118 Å². The summed E-state index contributed by atoms with van der Waals surface area (Å²) in [5.74, 6) is -0.211. The minimum absolute atomic E-state index is 0.127.